The van der Waals surface area contributed by atoms with Crippen molar-refractivity contribution in [1.29, 1.82) is 0 Å². The van der Waals surface area contributed by atoms with Crippen LogP contribution in [0.15, 0.2) is 85.1 Å². The van der Waals surface area contributed by atoms with Crippen LogP contribution in [0, 0.1) is 57.6 Å². The summed E-state index contributed by atoms with van der Waals surface area (Å²) in [5.41, 5.74) is 38.2. The summed E-state index contributed by atoms with van der Waals surface area (Å²) in [4.78, 5) is 82.1. The molecule has 0 radical (unpaired) electrons. The van der Waals surface area contributed by atoms with Gasteiger partial charge in [0.25, 0.3) is 35.4 Å². The molecule has 6 aliphatic rings. The zero-order valence-electron chi connectivity index (χ0n) is 55.6. The molecule has 3 aliphatic carbocycles. The van der Waals surface area contributed by atoms with E-state index >= 15 is 0 Å². The number of primary amides is 3. The first kappa shape index (κ1) is 71.0. The molecule has 101 heavy (non-hydrogen) atoms. The van der Waals surface area contributed by atoms with Gasteiger partial charge >= 0.3 is 6.18 Å². The molecule has 30 heteroatoms. The van der Waals surface area contributed by atoms with E-state index < -0.39 is 42.1 Å². The van der Waals surface area contributed by atoms with Gasteiger partial charge < -0.3 is 63.3 Å². The molecule has 12 N–H and O–H groups in total. The minimum atomic E-state index is -4.65. The molecule has 6 fully saturated rings. The Morgan fingerprint density at radius 2 is 1.01 bits per heavy atom. The van der Waals surface area contributed by atoms with E-state index in [9.17, 15) is 46.3 Å². The van der Waals surface area contributed by atoms with E-state index in [0.717, 1.165) is 50.7 Å². The average molecular weight is 1410 g/mol. The third kappa shape index (κ3) is 14.8. The van der Waals surface area contributed by atoms with Crippen molar-refractivity contribution in [3.05, 3.63) is 113 Å². The van der Waals surface area contributed by atoms with Gasteiger partial charge in [0, 0.05) is 79.1 Å². The minimum Gasteiger partial charge on any atom is -0.492 e. The van der Waals surface area contributed by atoms with Gasteiger partial charge in [0.1, 0.15) is 62.7 Å². The first-order valence-corrected chi connectivity index (χ1v) is 32.8. The van der Waals surface area contributed by atoms with Gasteiger partial charge in [-0.3, -0.25) is 28.8 Å². The normalized spacial score (nSPS) is 16.7. The highest BCUT2D eigenvalue weighted by atomic mass is 35.5. The summed E-state index contributed by atoms with van der Waals surface area (Å²) in [5.74, 6) is 13.5. The number of benzene rings is 3. The lowest BCUT2D eigenvalue weighted by Crippen LogP contribution is -2.63. The number of nitrogens with zero attached hydrogens (tertiary/aromatic N) is 10. The molecule has 3 saturated heterocycles. The number of anilines is 3. The second-order valence-electron chi connectivity index (χ2n) is 26.2. The average Bonchev–Trinajstić information content (AvgIpc) is 1.73. The molecule has 13 rings (SSSR count). The Balaban J connectivity index is 0.000000153. The number of hydrogen-bond acceptors (Lipinski definition) is 16. The van der Waals surface area contributed by atoms with Crippen LogP contribution in [-0.2, 0) is 14.4 Å². The second-order valence-corrected chi connectivity index (χ2v) is 26.6. The predicted molar refractivity (Wildman–Crippen MR) is 365 cm³/mol. The van der Waals surface area contributed by atoms with Crippen LogP contribution in [-0.4, -0.2) is 143 Å². The zero-order valence-corrected chi connectivity index (χ0v) is 56.4. The van der Waals surface area contributed by atoms with Crippen LogP contribution < -0.4 is 48.6 Å². The summed E-state index contributed by atoms with van der Waals surface area (Å²) >= 11 is 6.37. The fourth-order valence-corrected chi connectivity index (χ4v) is 14.5. The van der Waals surface area contributed by atoms with Crippen molar-refractivity contribution >= 4 is 64.5 Å². The summed E-state index contributed by atoms with van der Waals surface area (Å²) in [6.45, 7) is 9.67. The number of alkyl halides is 3. The minimum absolute atomic E-state index is 0.00791. The lowest BCUT2D eigenvalue weighted by atomic mass is 9.60. The molecular formula is C71H73ClF4N16O9. The van der Waals surface area contributed by atoms with Crippen LogP contribution in [0.5, 0.6) is 23.1 Å². The number of pyridine rings is 1. The quantitative estimate of drug-likeness (QED) is 0.0391. The molecule has 7 heterocycles. The number of carbonyl (C=O) groups is 6. The van der Waals surface area contributed by atoms with Crippen molar-refractivity contribution in [3.63, 3.8) is 0 Å². The molecule has 3 saturated carbocycles. The third-order valence-corrected chi connectivity index (χ3v) is 19.3. The number of rotatable bonds is 16. The maximum Gasteiger partial charge on any atom is 0.422 e. The molecule has 0 unspecified atom stereocenters. The lowest BCUT2D eigenvalue weighted by molar-refractivity contribution is -0.153. The van der Waals surface area contributed by atoms with Crippen LogP contribution in [0.25, 0.3) is 33.8 Å². The molecule has 0 atom stereocenters. The van der Waals surface area contributed by atoms with E-state index in [-0.39, 0.29) is 97.5 Å². The van der Waals surface area contributed by atoms with Crippen LogP contribution >= 0.6 is 11.6 Å². The summed E-state index contributed by atoms with van der Waals surface area (Å²) in [6, 6.07) is 21.2. The Morgan fingerprint density at radius 1 is 0.574 bits per heavy atom. The Bertz CT molecular complexity index is 4600. The zero-order chi connectivity index (χ0) is 72.5. The summed E-state index contributed by atoms with van der Waals surface area (Å²) in [7, 11) is 0. The van der Waals surface area contributed by atoms with Crippen LogP contribution in [0.4, 0.5) is 35.0 Å². The van der Waals surface area contributed by atoms with Gasteiger partial charge in [0.15, 0.2) is 18.2 Å². The number of hydrogen-bond donors (Lipinski definition) is 6. The largest absolute Gasteiger partial charge is 0.492 e. The summed E-state index contributed by atoms with van der Waals surface area (Å²) < 4.78 is 72.2. The van der Waals surface area contributed by atoms with E-state index in [4.69, 9.17) is 55.5 Å². The topological polar surface area (TPSA) is 362 Å². The SMILES string of the molecule is CC#CC(=O)N1CC2(CC(n3nc(-c4ccc(F)c(OCC(F)(F)F)c4)c(C(N)=O)c3N)C2)C1.CC#CC(=O)N1CC2(CC(n3nc(-c4ccc(OCCC)c(Cl)c4)c(C(N)=O)c3N)C2)C1.CC#CC(=O)N1CCC2(CC(n3nc(-c4ccc(Oc5ccccc5)nc4)c(C(N)=O)c3N)C2)C1. The predicted octanol–water partition coefficient (Wildman–Crippen LogP) is 8.35. The smallest absolute Gasteiger partial charge is 0.422 e. The monoisotopic (exact) mass is 1400 g/mol. The number of halogens is 5. The third-order valence-electron chi connectivity index (χ3n) is 19.0. The molecule has 4 aromatic heterocycles. The van der Waals surface area contributed by atoms with Crippen molar-refractivity contribution in [2.75, 3.05) is 69.7 Å². The van der Waals surface area contributed by atoms with Crippen LogP contribution in [0.2, 0.25) is 5.02 Å². The fourth-order valence-electron chi connectivity index (χ4n) is 14.3. The highest BCUT2D eigenvalue weighted by Crippen LogP contribution is 2.57. The molecular weight excluding hydrogens is 1330 g/mol. The highest BCUT2D eigenvalue weighted by Gasteiger charge is 2.57. The number of para-hydroxylation sites is 1. The number of carbonyl (C=O) groups excluding carboxylic acids is 6. The number of nitrogen functional groups attached to an aromatic ring is 3. The lowest BCUT2D eigenvalue weighted by Gasteiger charge is -2.58. The van der Waals surface area contributed by atoms with Gasteiger partial charge in [-0.05, 0) is 150 Å². The molecule has 3 aliphatic heterocycles. The number of ether oxygens (including phenoxy) is 3. The Morgan fingerprint density at radius 3 is 1.45 bits per heavy atom. The van der Waals surface area contributed by atoms with Crippen LogP contribution in [0.3, 0.4) is 0 Å². The number of amides is 6. The van der Waals surface area contributed by atoms with E-state index in [1.807, 2.05) is 42.2 Å². The van der Waals surface area contributed by atoms with E-state index in [1.54, 1.807) is 76.5 Å². The Kier molecular flexibility index (Phi) is 20.1. The van der Waals surface area contributed by atoms with E-state index in [2.05, 4.69) is 60.5 Å². The van der Waals surface area contributed by atoms with Crippen LogP contribution in [0.1, 0.15) is 128 Å². The Labute approximate surface area is 583 Å². The highest BCUT2D eigenvalue weighted by molar-refractivity contribution is 6.32. The van der Waals surface area contributed by atoms with Crippen molar-refractivity contribution in [1.82, 2.24) is 49.0 Å². The van der Waals surface area contributed by atoms with Gasteiger partial charge in [-0.1, -0.05) is 54.5 Å². The molecule has 526 valence electrons. The number of aromatic nitrogens is 7. The molecule has 25 nitrogen and oxygen atoms in total. The molecule has 0 bridgehead atoms. The molecule has 7 aromatic rings. The summed E-state index contributed by atoms with van der Waals surface area (Å²) in [6.07, 6.45) is 3.33. The number of nitrogens with two attached hydrogens (primary N) is 6. The van der Waals surface area contributed by atoms with E-state index in [1.165, 1.54) is 10.7 Å². The van der Waals surface area contributed by atoms with Crippen molar-refractivity contribution in [3.8, 4) is 92.4 Å². The van der Waals surface area contributed by atoms with Crippen molar-refractivity contribution in [2.24, 2.45) is 33.4 Å². The fraction of sp³-hybridized carbons (Fsp3) is 0.380. The van der Waals surface area contributed by atoms with Gasteiger partial charge in [-0.25, -0.2) is 23.4 Å². The number of likely N-dealkylation sites (tertiary alicyclic amines) is 3. The van der Waals surface area contributed by atoms with Gasteiger partial charge in [-0.2, -0.15) is 28.5 Å². The van der Waals surface area contributed by atoms with Crippen molar-refractivity contribution < 1.29 is 60.5 Å². The van der Waals surface area contributed by atoms with Gasteiger partial charge in [-0.15, -0.1) is 0 Å². The Hall–Kier alpha value is -11.3. The summed E-state index contributed by atoms with van der Waals surface area (Å²) in [5, 5.41) is 14.2. The molecule has 3 spiro atoms. The standard InChI is InChI=1S/C26H26N6O3.C23H26ClN5O3.C22H21F4N5O3/c1-2-6-21(33)31-12-11-26(16-31)13-18(14-26)32-24(27)22(25(28)34)23(30-32)17-9-10-20(29-15-17)35-19-7-4-3-5-8-19;1-3-5-18(30)28-12-23(13-28)10-15(11-23)29-21(25)19(22(26)31)20(27-29)14-6-7-17(16(24)9-14)32-8-4-2;1-2-3-16(32)30-9-21(10-30)7-13(8-21)31-19(27)17(20(28)33)18(29-31)12-4-5-14(23)15(6-12)34-11-22(24,25)26/h3-5,7-10,15,18H,11-14,16,27H2,1H3,(H2,28,34);6-7,9,15H,4,8,10-13,25H2,1-2H3,(H2,26,31);4-6,13H,7-11,27H2,1H3,(H2,28,33). The maximum atomic E-state index is 14.0. The molecule has 3 aromatic carbocycles. The first-order valence-electron chi connectivity index (χ1n) is 32.4. The first-order chi connectivity index (χ1) is 48.1. The maximum absolute atomic E-state index is 14.0. The van der Waals surface area contributed by atoms with E-state index in [0.29, 0.717) is 104 Å². The van der Waals surface area contributed by atoms with Gasteiger partial charge in [0.05, 0.1) is 29.8 Å². The molecule has 6 amide bonds. The second kappa shape index (κ2) is 28.5. The van der Waals surface area contributed by atoms with Crippen molar-refractivity contribution in [2.45, 2.75) is 103 Å². The van der Waals surface area contributed by atoms with Gasteiger partial charge in [0.2, 0.25) is 5.88 Å².